The molecule has 1 aliphatic carbocycles. The van der Waals surface area contributed by atoms with Gasteiger partial charge in [0.2, 0.25) is 0 Å². The zero-order valence-corrected chi connectivity index (χ0v) is 37.9. The van der Waals surface area contributed by atoms with Crippen molar-refractivity contribution < 1.29 is 47.6 Å². The number of esters is 4. The van der Waals surface area contributed by atoms with Crippen LogP contribution in [0.5, 0.6) is 17.2 Å². The van der Waals surface area contributed by atoms with Crippen LogP contribution in [0.1, 0.15) is 168 Å². The van der Waals surface area contributed by atoms with Crippen molar-refractivity contribution in [2.75, 3.05) is 26.4 Å². The van der Waals surface area contributed by atoms with E-state index in [-0.39, 0.29) is 47.3 Å². The van der Waals surface area contributed by atoms with Gasteiger partial charge >= 0.3 is 23.9 Å². The third kappa shape index (κ3) is 24.0. The third-order valence-electron chi connectivity index (χ3n) is 10.8. The highest BCUT2D eigenvalue weighted by Crippen LogP contribution is 2.28. The summed E-state index contributed by atoms with van der Waals surface area (Å²) in [5.41, 5.74) is 1.10. The van der Waals surface area contributed by atoms with E-state index in [2.05, 4.69) is 30.6 Å². The number of benzene rings is 1. The fraction of sp³-hybridized carbons (Fsp3) is 0.615. The van der Waals surface area contributed by atoms with Crippen molar-refractivity contribution in [1.29, 1.82) is 0 Å². The SMILES string of the molecule is C=C(C)C(=O)OCCCCCCCCCCCOc1ccc(C#CC(=O)Oc2c#cc(OC(=O)C3CCC(OCCCCCCCCCCCOC(=O)C(C)C)CC3)cc2)cc1. The minimum atomic E-state index is -0.734. The van der Waals surface area contributed by atoms with Crippen LogP contribution in [0.2, 0.25) is 0 Å². The van der Waals surface area contributed by atoms with Gasteiger partial charge in [-0.25, -0.2) is 9.59 Å². The second-order valence-electron chi connectivity index (χ2n) is 16.7. The lowest BCUT2D eigenvalue weighted by Gasteiger charge is -2.27. The zero-order chi connectivity index (χ0) is 44.6. The standard InChI is InChI=1S/C52H72O10/c1-41(2)50(54)59-39-21-17-13-9-5-7-11-15-19-37-57-45-28-23-43(24-29-45)25-36-49(53)61-47-32-34-48(35-33-47)62-52(56)44-26-30-46(31-27-44)58-38-20-16-12-8-6-10-14-18-22-40-60-51(55)42(3)4/h23-24,28-29,32,34,42,44,46H,1,5-22,26-27,30-31,37-40H2,2-4H3. The van der Waals surface area contributed by atoms with Gasteiger partial charge in [0.1, 0.15) is 5.75 Å². The summed E-state index contributed by atoms with van der Waals surface area (Å²) in [5.74, 6) is 4.75. The molecule has 0 bridgehead atoms. The van der Waals surface area contributed by atoms with Gasteiger partial charge in [-0.15, -0.1) is 0 Å². The number of ether oxygens (including phenoxy) is 6. The van der Waals surface area contributed by atoms with Gasteiger partial charge in [0.25, 0.3) is 0 Å². The lowest BCUT2D eigenvalue weighted by atomic mass is 9.87. The Labute approximate surface area is 372 Å². The Morgan fingerprint density at radius 3 is 1.63 bits per heavy atom. The van der Waals surface area contributed by atoms with Crippen LogP contribution in [0, 0.1) is 35.8 Å². The van der Waals surface area contributed by atoms with Gasteiger partial charge in [0.15, 0.2) is 11.5 Å². The van der Waals surface area contributed by atoms with E-state index >= 15 is 0 Å². The second kappa shape index (κ2) is 32.0. The fourth-order valence-corrected chi connectivity index (χ4v) is 6.97. The van der Waals surface area contributed by atoms with Gasteiger partial charge in [-0.2, -0.15) is 0 Å². The molecule has 10 heteroatoms. The molecule has 62 heavy (non-hydrogen) atoms. The van der Waals surface area contributed by atoms with E-state index < -0.39 is 5.97 Å². The van der Waals surface area contributed by atoms with Crippen molar-refractivity contribution in [2.24, 2.45) is 11.8 Å². The molecular formula is C52H72O10. The molecule has 0 aromatic heterocycles. The first-order chi connectivity index (χ1) is 30.1. The van der Waals surface area contributed by atoms with E-state index in [4.69, 9.17) is 28.4 Å². The molecule has 340 valence electrons. The summed E-state index contributed by atoms with van der Waals surface area (Å²) in [6.07, 6.45) is 23.8. The molecule has 0 heterocycles. The zero-order valence-electron chi connectivity index (χ0n) is 37.9. The maximum absolute atomic E-state index is 12.8. The van der Waals surface area contributed by atoms with Crippen LogP contribution in [0.15, 0.2) is 48.6 Å². The molecule has 0 N–H and O–H groups in total. The number of carbonyl (C=O) groups excluding carboxylic acids is 4. The first-order valence-corrected chi connectivity index (χ1v) is 23.3. The fourth-order valence-electron chi connectivity index (χ4n) is 6.97. The highest BCUT2D eigenvalue weighted by Gasteiger charge is 2.28. The highest BCUT2D eigenvalue weighted by atomic mass is 16.5. The second-order valence-corrected chi connectivity index (χ2v) is 16.7. The smallest absolute Gasteiger partial charge is 0.390 e. The molecule has 0 amide bonds. The number of hydrogen-bond donors (Lipinski definition) is 0. The van der Waals surface area contributed by atoms with E-state index in [1.54, 1.807) is 19.1 Å². The maximum atomic E-state index is 12.8. The largest absolute Gasteiger partial charge is 0.494 e. The van der Waals surface area contributed by atoms with Crippen molar-refractivity contribution in [3.63, 3.8) is 0 Å². The normalized spacial score (nSPS) is 14.5. The molecule has 10 nitrogen and oxygen atoms in total. The van der Waals surface area contributed by atoms with E-state index in [0.717, 1.165) is 89.4 Å². The van der Waals surface area contributed by atoms with Gasteiger partial charge < -0.3 is 28.4 Å². The van der Waals surface area contributed by atoms with Gasteiger partial charge in [-0.1, -0.05) is 116 Å². The molecule has 0 saturated heterocycles. The number of unbranched alkanes of at least 4 members (excludes halogenated alkanes) is 16. The van der Waals surface area contributed by atoms with Crippen LogP contribution in [-0.2, 0) is 33.4 Å². The highest BCUT2D eigenvalue weighted by molar-refractivity contribution is 5.90. The topological polar surface area (TPSA) is 124 Å². The van der Waals surface area contributed by atoms with E-state index in [1.165, 1.54) is 76.3 Å². The van der Waals surface area contributed by atoms with Gasteiger partial charge in [-0.05, 0) is 107 Å². The summed E-state index contributed by atoms with van der Waals surface area (Å²) >= 11 is 0. The average molecular weight is 857 g/mol. The summed E-state index contributed by atoms with van der Waals surface area (Å²) in [7, 11) is 0. The van der Waals surface area contributed by atoms with Crippen molar-refractivity contribution in [2.45, 2.75) is 168 Å². The molecule has 1 saturated carbocycles. The molecule has 2 aromatic rings. The Morgan fingerprint density at radius 1 is 0.629 bits per heavy atom. The number of rotatable bonds is 31. The third-order valence-corrected chi connectivity index (χ3v) is 10.8. The van der Waals surface area contributed by atoms with Crippen LogP contribution in [0.25, 0.3) is 0 Å². The summed E-state index contributed by atoms with van der Waals surface area (Å²) in [4.78, 5) is 48.0. The quantitative estimate of drug-likeness (QED) is 0.0313. The number of carbonyl (C=O) groups is 4. The summed E-state index contributed by atoms with van der Waals surface area (Å²) in [5, 5.41) is 0. The lowest BCUT2D eigenvalue weighted by Crippen LogP contribution is -2.29. The molecule has 1 fully saturated rings. The van der Waals surface area contributed by atoms with Gasteiger partial charge in [-0.3, -0.25) is 9.59 Å². The minimum absolute atomic E-state index is 0.0527. The van der Waals surface area contributed by atoms with Gasteiger partial charge in [0, 0.05) is 23.7 Å². The van der Waals surface area contributed by atoms with Crippen molar-refractivity contribution in [3.8, 4) is 29.1 Å². The molecule has 0 atom stereocenters. The van der Waals surface area contributed by atoms with Crippen LogP contribution >= 0.6 is 0 Å². The van der Waals surface area contributed by atoms with Crippen molar-refractivity contribution in [3.05, 3.63) is 66.2 Å². The van der Waals surface area contributed by atoms with Crippen molar-refractivity contribution in [1.82, 2.24) is 0 Å². The Balaban J connectivity index is 1.16. The molecule has 3 rings (SSSR count). The van der Waals surface area contributed by atoms with Crippen LogP contribution in [0.3, 0.4) is 0 Å². The summed E-state index contributed by atoms with van der Waals surface area (Å²) in [6.45, 7) is 11.4. The predicted molar refractivity (Wildman–Crippen MR) is 241 cm³/mol. The molecule has 0 unspecified atom stereocenters. The minimum Gasteiger partial charge on any atom is -0.494 e. The summed E-state index contributed by atoms with van der Waals surface area (Å²) in [6, 6.07) is 15.8. The van der Waals surface area contributed by atoms with Crippen LogP contribution in [0.4, 0.5) is 0 Å². The van der Waals surface area contributed by atoms with Crippen molar-refractivity contribution >= 4 is 23.9 Å². The maximum Gasteiger partial charge on any atom is 0.390 e. The lowest BCUT2D eigenvalue weighted by molar-refractivity contribution is -0.147. The Hall–Kier alpha value is -4.80. The number of hydrogen-bond acceptors (Lipinski definition) is 10. The van der Waals surface area contributed by atoms with Gasteiger partial charge in [0.05, 0.1) is 37.8 Å². The first-order valence-electron chi connectivity index (χ1n) is 23.3. The molecule has 0 radical (unpaired) electrons. The van der Waals surface area contributed by atoms with E-state index in [1.807, 2.05) is 26.0 Å². The van der Waals surface area contributed by atoms with E-state index in [9.17, 15) is 19.2 Å². The molecule has 0 aliphatic heterocycles. The molecule has 2 aromatic carbocycles. The Morgan fingerprint density at radius 2 is 1.11 bits per heavy atom. The Kier molecular flexibility index (Phi) is 26.6. The summed E-state index contributed by atoms with van der Waals surface area (Å²) < 4.78 is 33.2. The predicted octanol–water partition coefficient (Wildman–Crippen LogP) is 11.4. The molecular weight excluding hydrogens is 785 g/mol. The first kappa shape index (κ1) is 51.5. The monoisotopic (exact) mass is 857 g/mol. The average Bonchev–Trinajstić information content (AvgIpc) is 3.27. The Bertz CT molecular complexity index is 1640. The van der Waals surface area contributed by atoms with E-state index in [0.29, 0.717) is 31.0 Å². The molecule has 1 aliphatic rings. The van der Waals surface area contributed by atoms with Crippen LogP contribution < -0.4 is 14.2 Å². The van der Waals surface area contributed by atoms with Crippen LogP contribution in [-0.4, -0.2) is 56.4 Å². The molecule has 0 spiro atoms.